The number of nitrogens with two attached hydrogens (primary N) is 1. The second-order valence-electron chi connectivity index (χ2n) is 3.84. The summed E-state index contributed by atoms with van der Waals surface area (Å²) in [5, 5.41) is 9.30. The van der Waals surface area contributed by atoms with Crippen molar-refractivity contribution in [1.29, 1.82) is 0 Å². The van der Waals surface area contributed by atoms with Crippen LogP contribution in [0.4, 0.5) is 10.1 Å². The lowest BCUT2D eigenvalue weighted by Gasteiger charge is -2.04. The minimum atomic E-state index is -1.37. The van der Waals surface area contributed by atoms with Crippen molar-refractivity contribution in [2.24, 2.45) is 0 Å². The highest BCUT2D eigenvalue weighted by Gasteiger charge is 2.08. The first-order valence-corrected chi connectivity index (χ1v) is 6.59. The van der Waals surface area contributed by atoms with Gasteiger partial charge in [-0.2, -0.15) is 0 Å². The number of anilines is 1. The summed E-state index contributed by atoms with van der Waals surface area (Å²) in [5.74, 6) is -0.234. The Labute approximate surface area is 107 Å². The van der Waals surface area contributed by atoms with Crippen LogP contribution in [0.2, 0.25) is 0 Å². The van der Waals surface area contributed by atoms with E-state index in [9.17, 15) is 13.7 Å². The number of benzene rings is 2. The van der Waals surface area contributed by atoms with E-state index in [1.165, 1.54) is 30.3 Å². The van der Waals surface area contributed by atoms with Gasteiger partial charge in [-0.15, -0.1) is 0 Å². The summed E-state index contributed by atoms with van der Waals surface area (Å²) in [7, 11) is -1.37. The molecule has 94 valence electrons. The van der Waals surface area contributed by atoms with Crippen molar-refractivity contribution in [3.05, 3.63) is 53.8 Å². The molecule has 1 atom stereocenters. The fourth-order valence-electron chi connectivity index (χ4n) is 1.53. The van der Waals surface area contributed by atoms with Gasteiger partial charge in [0.1, 0.15) is 11.6 Å². The van der Waals surface area contributed by atoms with E-state index < -0.39 is 16.6 Å². The fourth-order valence-corrected chi connectivity index (χ4v) is 2.63. The van der Waals surface area contributed by atoms with E-state index >= 15 is 0 Å². The van der Waals surface area contributed by atoms with Crippen molar-refractivity contribution in [3.63, 3.8) is 0 Å². The maximum Gasteiger partial charge on any atom is 0.147 e. The van der Waals surface area contributed by atoms with Crippen molar-refractivity contribution < 1.29 is 13.7 Å². The zero-order valence-electron chi connectivity index (χ0n) is 9.47. The Hall–Kier alpha value is -1.88. The molecule has 2 rings (SSSR count). The van der Waals surface area contributed by atoms with Crippen LogP contribution in [0.25, 0.3) is 0 Å². The molecular formula is C13H12FNO2S. The van der Waals surface area contributed by atoms with Crippen LogP contribution in [-0.4, -0.2) is 9.32 Å². The summed E-state index contributed by atoms with van der Waals surface area (Å²) in [4.78, 5) is 0.380. The van der Waals surface area contributed by atoms with Gasteiger partial charge < -0.3 is 10.8 Å². The number of hydrogen-bond acceptors (Lipinski definition) is 3. The molecule has 0 aromatic heterocycles. The van der Waals surface area contributed by atoms with Gasteiger partial charge in [0, 0.05) is 4.90 Å². The third-order valence-corrected chi connectivity index (χ3v) is 3.82. The van der Waals surface area contributed by atoms with Crippen LogP contribution >= 0.6 is 0 Å². The molecular weight excluding hydrogens is 253 g/mol. The van der Waals surface area contributed by atoms with E-state index in [1.807, 2.05) is 0 Å². The Morgan fingerprint density at radius 1 is 1.22 bits per heavy atom. The zero-order chi connectivity index (χ0) is 13.1. The number of hydrogen-bond donors (Lipinski definition) is 2. The monoisotopic (exact) mass is 265 g/mol. The highest BCUT2D eigenvalue weighted by molar-refractivity contribution is 7.84. The molecule has 0 spiro atoms. The highest BCUT2D eigenvalue weighted by Crippen LogP contribution is 2.19. The maximum absolute atomic E-state index is 13.2. The van der Waals surface area contributed by atoms with Gasteiger partial charge in [-0.3, -0.25) is 4.21 Å². The summed E-state index contributed by atoms with van der Waals surface area (Å²) >= 11 is 0. The van der Waals surface area contributed by atoms with E-state index in [4.69, 9.17) is 5.73 Å². The first kappa shape index (κ1) is 12.6. The summed E-state index contributed by atoms with van der Waals surface area (Å²) < 4.78 is 25.3. The molecule has 3 nitrogen and oxygen atoms in total. The number of phenols is 1. The Kier molecular flexibility index (Phi) is 3.62. The van der Waals surface area contributed by atoms with Crippen molar-refractivity contribution in [2.45, 2.75) is 10.6 Å². The molecule has 0 saturated carbocycles. The standard InChI is InChI=1S/C13H12FNO2S/c14-12-7-11(4-5-13(12)15)18(17)8-9-2-1-3-10(16)6-9/h1-7,16H,8,15H2. The highest BCUT2D eigenvalue weighted by atomic mass is 32.2. The summed E-state index contributed by atoms with van der Waals surface area (Å²) in [5.41, 5.74) is 6.12. The van der Waals surface area contributed by atoms with Gasteiger partial charge in [0.05, 0.1) is 22.2 Å². The normalized spacial score (nSPS) is 12.3. The van der Waals surface area contributed by atoms with Crippen LogP contribution in [0, 0.1) is 5.82 Å². The van der Waals surface area contributed by atoms with Gasteiger partial charge in [-0.05, 0) is 35.9 Å². The second-order valence-corrected chi connectivity index (χ2v) is 5.29. The lowest BCUT2D eigenvalue weighted by Crippen LogP contribution is -1.98. The van der Waals surface area contributed by atoms with Gasteiger partial charge in [0.2, 0.25) is 0 Å². The third-order valence-electron chi connectivity index (χ3n) is 2.44. The topological polar surface area (TPSA) is 63.3 Å². The molecule has 5 heteroatoms. The number of aromatic hydroxyl groups is 1. The smallest absolute Gasteiger partial charge is 0.147 e. The van der Waals surface area contributed by atoms with Crippen LogP contribution in [0.1, 0.15) is 5.56 Å². The molecule has 0 aliphatic carbocycles. The lowest BCUT2D eigenvalue weighted by molar-refractivity contribution is 0.475. The molecule has 2 aromatic rings. The minimum absolute atomic E-state index is 0.0353. The Morgan fingerprint density at radius 2 is 2.00 bits per heavy atom. The molecule has 0 amide bonds. The lowest BCUT2D eigenvalue weighted by atomic mass is 10.2. The molecule has 0 bridgehead atoms. The summed E-state index contributed by atoms with van der Waals surface area (Å²) in [6.07, 6.45) is 0. The van der Waals surface area contributed by atoms with Gasteiger partial charge in [-0.25, -0.2) is 4.39 Å². The summed E-state index contributed by atoms with van der Waals surface area (Å²) in [6, 6.07) is 10.6. The maximum atomic E-state index is 13.2. The molecule has 0 heterocycles. The second kappa shape index (κ2) is 5.18. The zero-order valence-corrected chi connectivity index (χ0v) is 10.3. The number of nitrogen functional groups attached to an aromatic ring is 1. The Balaban J connectivity index is 2.19. The molecule has 0 fully saturated rings. The Morgan fingerprint density at radius 3 is 2.67 bits per heavy atom. The van der Waals surface area contributed by atoms with Crippen LogP contribution in [0.3, 0.4) is 0 Å². The van der Waals surface area contributed by atoms with Crippen LogP contribution < -0.4 is 5.73 Å². The number of halogens is 1. The SMILES string of the molecule is Nc1ccc(S(=O)Cc2cccc(O)c2)cc1F. The van der Waals surface area contributed by atoms with Crippen molar-refractivity contribution in [1.82, 2.24) is 0 Å². The van der Waals surface area contributed by atoms with E-state index in [0.29, 0.717) is 4.90 Å². The van der Waals surface area contributed by atoms with E-state index in [0.717, 1.165) is 5.56 Å². The fraction of sp³-hybridized carbons (Fsp3) is 0.0769. The number of phenolic OH excluding ortho intramolecular Hbond substituents is 1. The first-order chi connectivity index (χ1) is 8.56. The van der Waals surface area contributed by atoms with Crippen LogP contribution in [0.15, 0.2) is 47.4 Å². The van der Waals surface area contributed by atoms with Crippen LogP contribution in [0.5, 0.6) is 5.75 Å². The Bertz CT molecular complexity index is 601. The predicted molar refractivity (Wildman–Crippen MR) is 69.0 cm³/mol. The largest absolute Gasteiger partial charge is 0.508 e. The molecule has 18 heavy (non-hydrogen) atoms. The minimum Gasteiger partial charge on any atom is -0.508 e. The van der Waals surface area contributed by atoms with Crippen molar-refractivity contribution >= 4 is 16.5 Å². The van der Waals surface area contributed by atoms with Gasteiger partial charge in [0.15, 0.2) is 0 Å². The first-order valence-electron chi connectivity index (χ1n) is 5.27. The van der Waals surface area contributed by atoms with Gasteiger partial charge in [-0.1, -0.05) is 12.1 Å². The molecule has 0 saturated heterocycles. The average molecular weight is 265 g/mol. The molecule has 0 aliphatic rings. The van der Waals surface area contributed by atoms with E-state index in [-0.39, 0.29) is 17.2 Å². The van der Waals surface area contributed by atoms with E-state index in [1.54, 1.807) is 12.1 Å². The van der Waals surface area contributed by atoms with Crippen LogP contribution in [-0.2, 0) is 16.6 Å². The van der Waals surface area contributed by atoms with E-state index in [2.05, 4.69) is 0 Å². The quantitative estimate of drug-likeness (QED) is 0.838. The molecule has 1 unspecified atom stereocenters. The van der Waals surface area contributed by atoms with Gasteiger partial charge in [0.25, 0.3) is 0 Å². The van der Waals surface area contributed by atoms with Gasteiger partial charge >= 0.3 is 0 Å². The predicted octanol–water partition coefficient (Wildman–Crippen LogP) is 2.42. The molecule has 0 aliphatic heterocycles. The molecule has 0 radical (unpaired) electrons. The van der Waals surface area contributed by atoms with Crippen molar-refractivity contribution in [2.75, 3.05) is 5.73 Å². The molecule has 2 aromatic carbocycles. The number of rotatable bonds is 3. The van der Waals surface area contributed by atoms with Crippen molar-refractivity contribution in [3.8, 4) is 5.75 Å². The summed E-state index contributed by atoms with van der Waals surface area (Å²) in [6.45, 7) is 0. The molecule has 3 N–H and O–H groups in total. The average Bonchev–Trinajstić information content (AvgIpc) is 2.32. The third kappa shape index (κ3) is 2.87.